The number of carbonyl (C=O) groups excluding carboxylic acids is 3. The Morgan fingerprint density at radius 1 is 1.06 bits per heavy atom. The fourth-order valence-corrected chi connectivity index (χ4v) is 5.28. The predicted molar refractivity (Wildman–Crippen MR) is 121 cm³/mol. The first-order chi connectivity index (χ1) is 15.4. The molecule has 4 rings (SSSR count). The van der Waals surface area contributed by atoms with Crippen molar-refractivity contribution < 1.29 is 19.1 Å². The molecule has 7 nitrogen and oxygen atoms in total. The second-order valence-electron chi connectivity index (χ2n) is 9.81. The SMILES string of the molecule is CN(C)C(=O)CN1Cc2ccccc2CC2(CCN(C(=O)OC3CCCCC3)CC2)C1=O. The van der Waals surface area contributed by atoms with Gasteiger partial charge in [-0.3, -0.25) is 9.59 Å². The monoisotopic (exact) mass is 441 g/mol. The highest BCUT2D eigenvalue weighted by atomic mass is 16.6. The van der Waals surface area contributed by atoms with Crippen molar-refractivity contribution >= 4 is 17.9 Å². The lowest BCUT2D eigenvalue weighted by Crippen LogP contribution is -2.53. The van der Waals surface area contributed by atoms with E-state index in [1.807, 2.05) is 18.2 Å². The van der Waals surface area contributed by atoms with Gasteiger partial charge in [-0.2, -0.15) is 0 Å². The smallest absolute Gasteiger partial charge is 0.410 e. The first-order valence-electron chi connectivity index (χ1n) is 11.9. The van der Waals surface area contributed by atoms with E-state index in [1.165, 1.54) is 16.9 Å². The Morgan fingerprint density at radius 2 is 1.72 bits per heavy atom. The zero-order chi connectivity index (χ0) is 22.7. The third-order valence-electron chi connectivity index (χ3n) is 7.37. The normalized spacial score (nSPS) is 21.1. The summed E-state index contributed by atoms with van der Waals surface area (Å²) in [5.74, 6) is -0.0504. The maximum absolute atomic E-state index is 13.8. The number of likely N-dealkylation sites (N-methyl/N-ethyl adjacent to an activating group) is 1. The molecule has 0 bridgehead atoms. The van der Waals surface area contributed by atoms with Crippen LogP contribution in [0.2, 0.25) is 0 Å². The summed E-state index contributed by atoms with van der Waals surface area (Å²) in [5, 5.41) is 0. The Bertz CT molecular complexity index is 854. The molecule has 2 heterocycles. The standard InChI is InChI=1S/C25H35N3O4/c1-26(2)22(29)18-28-17-20-9-7-6-8-19(20)16-25(23(28)30)12-14-27(15-13-25)24(31)32-21-10-4-3-5-11-21/h6-9,21H,3-5,10-18H2,1-2H3. The van der Waals surface area contributed by atoms with E-state index in [4.69, 9.17) is 4.74 Å². The van der Waals surface area contributed by atoms with Crippen LogP contribution in [0.1, 0.15) is 56.1 Å². The molecule has 2 aliphatic heterocycles. The molecule has 1 spiro atoms. The molecule has 3 aliphatic rings. The molecular weight excluding hydrogens is 406 g/mol. The number of likely N-dealkylation sites (tertiary alicyclic amines) is 1. The van der Waals surface area contributed by atoms with Crippen LogP contribution in [0, 0.1) is 5.41 Å². The van der Waals surface area contributed by atoms with Crippen LogP contribution < -0.4 is 0 Å². The minimum Gasteiger partial charge on any atom is -0.446 e. The lowest BCUT2D eigenvalue weighted by atomic mass is 9.73. The highest BCUT2D eigenvalue weighted by Gasteiger charge is 2.47. The number of carbonyl (C=O) groups is 3. The second-order valence-corrected chi connectivity index (χ2v) is 9.81. The average Bonchev–Trinajstić information content (AvgIpc) is 2.90. The van der Waals surface area contributed by atoms with E-state index in [2.05, 4.69) is 6.07 Å². The van der Waals surface area contributed by atoms with Crippen molar-refractivity contribution in [2.75, 3.05) is 33.7 Å². The van der Waals surface area contributed by atoms with Gasteiger partial charge in [0.1, 0.15) is 12.6 Å². The third kappa shape index (κ3) is 4.76. The van der Waals surface area contributed by atoms with Crippen LogP contribution in [0.4, 0.5) is 4.79 Å². The molecule has 1 saturated heterocycles. The van der Waals surface area contributed by atoms with Crippen LogP contribution in [0.5, 0.6) is 0 Å². The topological polar surface area (TPSA) is 70.2 Å². The molecule has 0 unspecified atom stereocenters. The Kier molecular flexibility index (Phi) is 6.72. The molecule has 0 radical (unpaired) electrons. The Morgan fingerprint density at radius 3 is 2.38 bits per heavy atom. The van der Waals surface area contributed by atoms with Gasteiger partial charge in [-0.05, 0) is 56.1 Å². The van der Waals surface area contributed by atoms with Gasteiger partial charge in [0.2, 0.25) is 11.8 Å². The summed E-state index contributed by atoms with van der Waals surface area (Å²) < 4.78 is 5.76. The number of piperidine rings is 1. The number of nitrogens with zero attached hydrogens (tertiary/aromatic N) is 3. The zero-order valence-corrected chi connectivity index (χ0v) is 19.3. The molecule has 1 saturated carbocycles. The molecular formula is C25H35N3O4. The van der Waals surface area contributed by atoms with Crippen LogP contribution in [-0.4, -0.2) is 72.4 Å². The second kappa shape index (κ2) is 9.51. The van der Waals surface area contributed by atoms with E-state index >= 15 is 0 Å². The van der Waals surface area contributed by atoms with E-state index in [1.54, 1.807) is 23.9 Å². The first kappa shape index (κ1) is 22.6. The van der Waals surface area contributed by atoms with Gasteiger partial charge < -0.3 is 19.4 Å². The maximum Gasteiger partial charge on any atom is 0.410 e. The molecule has 32 heavy (non-hydrogen) atoms. The average molecular weight is 442 g/mol. The number of ether oxygens (including phenoxy) is 1. The van der Waals surface area contributed by atoms with Gasteiger partial charge >= 0.3 is 6.09 Å². The highest BCUT2D eigenvalue weighted by Crippen LogP contribution is 2.41. The van der Waals surface area contributed by atoms with E-state index < -0.39 is 5.41 Å². The van der Waals surface area contributed by atoms with E-state index in [0.29, 0.717) is 38.9 Å². The van der Waals surface area contributed by atoms with Crippen molar-refractivity contribution in [2.24, 2.45) is 5.41 Å². The summed E-state index contributed by atoms with van der Waals surface area (Å²) in [6.07, 6.45) is 6.99. The van der Waals surface area contributed by atoms with Crippen molar-refractivity contribution in [2.45, 2.75) is 64.0 Å². The van der Waals surface area contributed by atoms with Gasteiger partial charge in [0.25, 0.3) is 0 Å². The van der Waals surface area contributed by atoms with Crippen LogP contribution in [0.3, 0.4) is 0 Å². The largest absolute Gasteiger partial charge is 0.446 e. The van der Waals surface area contributed by atoms with Gasteiger partial charge in [-0.15, -0.1) is 0 Å². The number of hydrogen-bond acceptors (Lipinski definition) is 4. The van der Waals surface area contributed by atoms with E-state index in [9.17, 15) is 14.4 Å². The third-order valence-corrected chi connectivity index (χ3v) is 7.37. The van der Waals surface area contributed by atoms with Crippen molar-refractivity contribution in [3.8, 4) is 0 Å². The van der Waals surface area contributed by atoms with Crippen LogP contribution >= 0.6 is 0 Å². The van der Waals surface area contributed by atoms with Gasteiger partial charge in [-0.25, -0.2) is 4.79 Å². The number of rotatable bonds is 3. The zero-order valence-electron chi connectivity index (χ0n) is 19.3. The molecule has 1 aromatic carbocycles. The summed E-state index contributed by atoms with van der Waals surface area (Å²) in [7, 11) is 3.43. The Hall–Kier alpha value is -2.57. The van der Waals surface area contributed by atoms with E-state index in [-0.39, 0.29) is 30.6 Å². The van der Waals surface area contributed by atoms with E-state index in [0.717, 1.165) is 31.2 Å². The van der Waals surface area contributed by atoms with Crippen molar-refractivity contribution in [3.05, 3.63) is 35.4 Å². The van der Waals surface area contributed by atoms with Crippen LogP contribution in [0.15, 0.2) is 24.3 Å². The maximum atomic E-state index is 13.8. The fraction of sp³-hybridized carbons (Fsp3) is 0.640. The lowest BCUT2D eigenvalue weighted by Gasteiger charge is -2.42. The molecule has 2 fully saturated rings. The molecule has 0 N–H and O–H groups in total. The number of hydrogen-bond donors (Lipinski definition) is 0. The van der Waals surface area contributed by atoms with Gasteiger partial charge in [0.15, 0.2) is 0 Å². The first-order valence-corrected chi connectivity index (χ1v) is 11.9. The molecule has 174 valence electrons. The Balaban J connectivity index is 1.49. The summed E-state index contributed by atoms with van der Waals surface area (Å²) in [4.78, 5) is 43.9. The van der Waals surface area contributed by atoms with Crippen molar-refractivity contribution in [1.29, 1.82) is 0 Å². The van der Waals surface area contributed by atoms with Crippen LogP contribution in [0.25, 0.3) is 0 Å². The lowest BCUT2D eigenvalue weighted by molar-refractivity contribution is -0.149. The summed E-state index contributed by atoms with van der Waals surface area (Å²) >= 11 is 0. The molecule has 3 amide bonds. The number of amides is 3. The minimum atomic E-state index is -0.583. The van der Waals surface area contributed by atoms with Gasteiger partial charge in [0, 0.05) is 33.7 Å². The summed E-state index contributed by atoms with van der Waals surface area (Å²) in [5.41, 5.74) is 1.68. The summed E-state index contributed by atoms with van der Waals surface area (Å²) in [6.45, 7) is 1.54. The fourth-order valence-electron chi connectivity index (χ4n) is 5.28. The Labute approximate surface area is 190 Å². The molecule has 7 heteroatoms. The van der Waals surface area contributed by atoms with Crippen molar-refractivity contribution in [3.63, 3.8) is 0 Å². The molecule has 1 aliphatic carbocycles. The number of benzene rings is 1. The van der Waals surface area contributed by atoms with Gasteiger partial charge in [-0.1, -0.05) is 30.7 Å². The van der Waals surface area contributed by atoms with Crippen molar-refractivity contribution in [1.82, 2.24) is 14.7 Å². The molecule has 0 aromatic heterocycles. The van der Waals surface area contributed by atoms with Gasteiger partial charge in [0.05, 0.1) is 5.41 Å². The molecule has 1 aromatic rings. The number of fused-ring (bicyclic) bond motifs is 1. The van der Waals surface area contributed by atoms with Crippen LogP contribution in [-0.2, 0) is 27.3 Å². The quantitative estimate of drug-likeness (QED) is 0.722. The predicted octanol–water partition coefficient (Wildman–Crippen LogP) is 3.21. The molecule has 0 atom stereocenters. The highest BCUT2D eigenvalue weighted by molar-refractivity contribution is 5.89. The minimum absolute atomic E-state index is 0.0317. The summed E-state index contributed by atoms with van der Waals surface area (Å²) in [6, 6.07) is 8.13.